The molecule has 1 N–H and O–H groups in total. The first kappa shape index (κ1) is 22.9. The predicted octanol–water partition coefficient (Wildman–Crippen LogP) is 3.37. The van der Waals surface area contributed by atoms with Crippen molar-refractivity contribution < 1.29 is 24.2 Å². The van der Waals surface area contributed by atoms with E-state index in [-0.39, 0.29) is 30.6 Å². The smallest absolute Gasteiger partial charge is 0.226 e. The highest BCUT2D eigenvalue weighted by Gasteiger charge is 2.24. The number of phenolic OH excluding ortho intramolecular Hbond substituents is 1. The topological polar surface area (TPSA) is 79.3 Å². The Morgan fingerprint density at radius 2 is 1.52 bits per heavy atom. The van der Waals surface area contributed by atoms with Crippen LogP contribution in [0.15, 0.2) is 46.9 Å². The lowest BCUT2D eigenvalue weighted by Gasteiger charge is -2.35. The van der Waals surface area contributed by atoms with Gasteiger partial charge in [0.1, 0.15) is 5.75 Å². The molecule has 8 heteroatoms. The average Bonchev–Trinajstić information content (AvgIpc) is 2.77. The van der Waals surface area contributed by atoms with Crippen LogP contribution in [0.4, 0.5) is 0 Å². The lowest BCUT2D eigenvalue weighted by Crippen LogP contribution is -2.51. The van der Waals surface area contributed by atoms with Gasteiger partial charge in [-0.05, 0) is 42.8 Å². The van der Waals surface area contributed by atoms with Gasteiger partial charge in [-0.15, -0.1) is 0 Å². The van der Waals surface area contributed by atoms with Crippen LogP contribution in [-0.4, -0.2) is 66.1 Å². The van der Waals surface area contributed by atoms with Crippen molar-refractivity contribution in [2.45, 2.75) is 19.8 Å². The zero-order chi connectivity index (χ0) is 22.2. The number of amides is 2. The summed E-state index contributed by atoms with van der Waals surface area (Å²) in [6, 6.07) is 12.4. The van der Waals surface area contributed by atoms with Gasteiger partial charge in [-0.25, -0.2) is 0 Å². The molecule has 1 aliphatic rings. The molecular weight excluding hydrogens is 464 g/mol. The van der Waals surface area contributed by atoms with Crippen molar-refractivity contribution in [2.24, 2.45) is 0 Å². The molecule has 0 aromatic heterocycles. The Hall–Kier alpha value is -2.74. The summed E-state index contributed by atoms with van der Waals surface area (Å²) in [5.41, 5.74) is 1.08. The quantitative estimate of drug-likeness (QED) is 0.613. The Kier molecular flexibility index (Phi) is 8.17. The van der Waals surface area contributed by atoms with Gasteiger partial charge >= 0.3 is 0 Å². The van der Waals surface area contributed by atoms with Crippen molar-refractivity contribution in [3.63, 3.8) is 0 Å². The minimum Gasteiger partial charge on any atom is -0.504 e. The van der Waals surface area contributed by atoms with Crippen LogP contribution < -0.4 is 9.47 Å². The average molecular weight is 491 g/mol. The van der Waals surface area contributed by atoms with Crippen molar-refractivity contribution in [3.05, 3.63) is 52.5 Å². The maximum Gasteiger partial charge on any atom is 0.226 e. The van der Waals surface area contributed by atoms with E-state index < -0.39 is 0 Å². The Balaban J connectivity index is 1.34. The molecule has 166 valence electrons. The number of nitrogens with zero attached hydrogens (tertiary/aromatic N) is 2. The molecular formula is C23H27BrN2O5. The normalized spacial score (nSPS) is 13.7. The van der Waals surface area contributed by atoms with E-state index in [1.807, 2.05) is 25.1 Å². The third kappa shape index (κ3) is 6.62. The largest absolute Gasteiger partial charge is 0.504 e. The summed E-state index contributed by atoms with van der Waals surface area (Å²) in [6.45, 7) is 4.55. The number of hydrogen-bond donors (Lipinski definition) is 1. The Morgan fingerprint density at radius 1 is 0.935 bits per heavy atom. The molecule has 0 radical (unpaired) electrons. The van der Waals surface area contributed by atoms with E-state index in [4.69, 9.17) is 9.47 Å². The first-order valence-corrected chi connectivity index (χ1v) is 11.1. The number of ether oxygens (including phenoxy) is 2. The first-order chi connectivity index (χ1) is 14.9. The monoisotopic (exact) mass is 490 g/mol. The molecule has 0 atom stereocenters. The molecule has 1 saturated heterocycles. The van der Waals surface area contributed by atoms with E-state index in [2.05, 4.69) is 15.9 Å². The molecule has 0 spiro atoms. The van der Waals surface area contributed by atoms with Crippen molar-refractivity contribution in [1.82, 2.24) is 9.80 Å². The van der Waals surface area contributed by atoms with Gasteiger partial charge in [0.2, 0.25) is 11.8 Å². The number of rotatable bonds is 8. The Morgan fingerprint density at radius 3 is 2.10 bits per heavy atom. The summed E-state index contributed by atoms with van der Waals surface area (Å²) in [7, 11) is 0. The molecule has 2 aromatic carbocycles. The van der Waals surface area contributed by atoms with E-state index in [1.54, 1.807) is 34.1 Å². The number of piperazine rings is 1. The maximum absolute atomic E-state index is 12.4. The fraction of sp³-hybridized carbons (Fsp3) is 0.391. The minimum atomic E-state index is -0.0172. The van der Waals surface area contributed by atoms with E-state index in [0.717, 1.165) is 15.8 Å². The van der Waals surface area contributed by atoms with Gasteiger partial charge in [0.15, 0.2) is 11.5 Å². The van der Waals surface area contributed by atoms with Gasteiger partial charge in [0, 0.05) is 30.7 Å². The minimum absolute atomic E-state index is 0.0172. The predicted molar refractivity (Wildman–Crippen MR) is 120 cm³/mol. The van der Waals surface area contributed by atoms with Gasteiger partial charge in [-0.1, -0.05) is 28.1 Å². The lowest BCUT2D eigenvalue weighted by atomic mass is 10.2. The maximum atomic E-state index is 12.4. The van der Waals surface area contributed by atoms with Crippen LogP contribution >= 0.6 is 15.9 Å². The summed E-state index contributed by atoms with van der Waals surface area (Å²) >= 11 is 3.45. The summed E-state index contributed by atoms with van der Waals surface area (Å²) < 4.78 is 12.2. The summed E-state index contributed by atoms with van der Waals surface area (Å²) in [5, 5.41) is 9.69. The number of halogens is 1. The van der Waals surface area contributed by atoms with E-state index in [1.165, 1.54) is 0 Å². The molecule has 0 saturated carbocycles. The Bertz CT molecular complexity index is 913. The second-order valence-corrected chi connectivity index (χ2v) is 8.19. The molecule has 0 bridgehead atoms. The molecule has 0 aliphatic carbocycles. The summed E-state index contributed by atoms with van der Waals surface area (Å²) in [5.74, 6) is 1.18. The van der Waals surface area contributed by atoms with E-state index >= 15 is 0 Å². The van der Waals surface area contributed by atoms with Crippen LogP contribution in [0.25, 0.3) is 0 Å². The molecule has 2 aromatic rings. The SMILES string of the molecule is Cc1cc(OCCC(=O)N2CCN(C(=O)CCOc3ccccc3O)CC2)ccc1Br. The van der Waals surface area contributed by atoms with Crippen LogP contribution in [0.1, 0.15) is 18.4 Å². The Labute approximate surface area is 190 Å². The molecule has 7 nitrogen and oxygen atoms in total. The summed E-state index contributed by atoms with van der Waals surface area (Å²) in [4.78, 5) is 28.4. The molecule has 1 heterocycles. The molecule has 1 fully saturated rings. The van der Waals surface area contributed by atoms with Crippen molar-refractivity contribution in [3.8, 4) is 17.2 Å². The fourth-order valence-corrected chi connectivity index (χ4v) is 3.56. The second kappa shape index (κ2) is 11.0. The first-order valence-electron chi connectivity index (χ1n) is 10.3. The van der Waals surface area contributed by atoms with Crippen LogP contribution in [-0.2, 0) is 9.59 Å². The zero-order valence-electron chi connectivity index (χ0n) is 17.6. The number of hydrogen-bond acceptors (Lipinski definition) is 5. The number of carbonyl (C=O) groups is 2. The number of benzene rings is 2. The number of aromatic hydroxyl groups is 1. The summed E-state index contributed by atoms with van der Waals surface area (Å²) in [6.07, 6.45) is 0.528. The fourth-order valence-electron chi connectivity index (χ4n) is 3.31. The third-order valence-electron chi connectivity index (χ3n) is 5.14. The van der Waals surface area contributed by atoms with E-state index in [0.29, 0.717) is 45.0 Å². The molecule has 0 unspecified atom stereocenters. The number of aryl methyl sites for hydroxylation is 1. The van der Waals surface area contributed by atoms with Gasteiger partial charge < -0.3 is 24.4 Å². The highest BCUT2D eigenvalue weighted by molar-refractivity contribution is 9.10. The lowest BCUT2D eigenvalue weighted by molar-refractivity contribution is -0.140. The highest BCUT2D eigenvalue weighted by atomic mass is 79.9. The third-order valence-corrected chi connectivity index (χ3v) is 6.03. The second-order valence-electron chi connectivity index (χ2n) is 7.34. The van der Waals surface area contributed by atoms with Crippen LogP contribution in [0.2, 0.25) is 0 Å². The molecule has 2 amide bonds. The zero-order valence-corrected chi connectivity index (χ0v) is 19.1. The van der Waals surface area contributed by atoms with Crippen molar-refractivity contribution in [1.29, 1.82) is 0 Å². The van der Waals surface area contributed by atoms with Crippen molar-refractivity contribution >= 4 is 27.7 Å². The van der Waals surface area contributed by atoms with Crippen LogP contribution in [0.3, 0.4) is 0 Å². The molecule has 31 heavy (non-hydrogen) atoms. The number of para-hydroxylation sites is 2. The number of phenols is 1. The number of carbonyl (C=O) groups excluding carboxylic acids is 2. The van der Waals surface area contributed by atoms with E-state index in [9.17, 15) is 14.7 Å². The molecule has 1 aliphatic heterocycles. The van der Waals surface area contributed by atoms with Gasteiger partial charge in [-0.2, -0.15) is 0 Å². The van der Waals surface area contributed by atoms with Crippen LogP contribution in [0, 0.1) is 6.92 Å². The van der Waals surface area contributed by atoms with Gasteiger partial charge in [0.05, 0.1) is 26.1 Å². The van der Waals surface area contributed by atoms with Gasteiger partial charge in [-0.3, -0.25) is 9.59 Å². The van der Waals surface area contributed by atoms with Gasteiger partial charge in [0.25, 0.3) is 0 Å². The van der Waals surface area contributed by atoms with Crippen molar-refractivity contribution in [2.75, 3.05) is 39.4 Å². The van der Waals surface area contributed by atoms with Crippen LogP contribution in [0.5, 0.6) is 17.2 Å². The standard InChI is InChI=1S/C23H27BrN2O5/c1-17-16-18(6-7-19(17)24)30-14-8-22(28)25-10-12-26(13-11-25)23(29)9-15-31-21-5-3-2-4-20(21)27/h2-7,16,27H,8-15H2,1H3. The molecule has 3 rings (SSSR count). The highest BCUT2D eigenvalue weighted by Crippen LogP contribution is 2.24.